The van der Waals surface area contributed by atoms with Gasteiger partial charge in [-0.1, -0.05) is 6.07 Å². The van der Waals surface area contributed by atoms with Crippen molar-refractivity contribution >= 4 is 10.9 Å². The zero-order valence-electron chi connectivity index (χ0n) is 10.2. The first-order valence-corrected chi connectivity index (χ1v) is 6.51. The number of nitrogens with zero attached hydrogens (tertiary/aromatic N) is 1. The summed E-state index contributed by atoms with van der Waals surface area (Å²) in [7, 11) is 0. The normalized spacial score (nSPS) is 24.1. The lowest BCUT2D eigenvalue weighted by molar-refractivity contribution is 0.0537. The molecule has 0 amide bonds. The van der Waals surface area contributed by atoms with E-state index in [4.69, 9.17) is 4.74 Å². The van der Waals surface area contributed by atoms with Crippen LogP contribution in [-0.4, -0.2) is 22.3 Å². The maximum absolute atomic E-state index is 9.64. The third kappa shape index (κ3) is 2.46. The van der Waals surface area contributed by atoms with E-state index in [1.165, 1.54) is 0 Å². The molecule has 3 heteroatoms. The lowest BCUT2D eigenvalue weighted by Crippen LogP contribution is -2.28. The van der Waals surface area contributed by atoms with Crippen LogP contribution >= 0.6 is 0 Å². The van der Waals surface area contributed by atoms with Crippen molar-refractivity contribution in [2.75, 3.05) is 0 Å². The van der Waals surface area contributed by atoms with Crippen LogP contribution < -0.4 is 4.74 Å². The van der Waals surface area contributed by atoms with Gasteiger partial charge in [-0.2, -0.15) is 0 Å². The molecule has 1 aromatic carbocycles. The Bertz CT molecular complexity index is 541. The van der Waals surface area contributed by atoms with Crippen LogP contribution in [0.25, 0.3) is 10.9 Å². The van der Waals surface area contributed by atoms with Gasteiger partial charge in [0.2, 0.25) is 0 Å². The number of aromatic nitrogens is 1. The molecule has 0 spiro atoms. The molecule has 1 heterocycles. The molecule has 2 unspecified atom stereocenters. The molecule has 2 atom stereocenters. The monoisotopic (exact) mass is 243 g/mol. The van der Waals surface area contributed by atoms with Gasteiger partial charge < -0.3 is 9.84 Å². The van der Waals surface area contributed by atoms with Gasteiger partial charge in [-0.25, -0.2) is 0 Å². The fourth-order valence-electron chi connectivity index (χ4n) is 2.55. The largest absolute Gasteiger partial charge is 0.490 e. The lowest BCUT2D eigenvalue weighted by atomic mass is 9.95. The van der Waals surface area contributed by atoms with Crippen LogP contribution in [0.4, 0.5) is 0 Å². The molecule has 0 saturated heterocycles. The average molecular weight is 243 g/mol. The smallest absolute Gasteiger partial charge is 0.120 e. The van der Waals surface area contributed by atoms with Crippen LogP contribution in [0.3, 0.4) is 0 Å². The molecule has 1 aliphatic rings. The first kappa shape index (κ1) is 11.5. The Labute approximate surface area is 106 Å². The number of hydrogen-bond acceptors (Lipinski definition) is 3. The number of pyridine rings is 1. The molecule has 3 nitrogen and oxygen atoms in total. The van der Waals surface area contributed by atoms with E-state index in [9.17, 15) is 5.11 Å². The molecular formula is C15H17NO2. The predicted molar refractivity (Wildman–Crippen MR) is 70.6 cm³/mol. The summed E-state index contributed by atoms with van der Waals surface area (Å²) in [5, 5.41) is 10.7. The highest BCUT2D eigenvalue weighted by Gasteiger charge is 2.21. The van der Waals surface area contributed by atoms with Crippen molar-refractivity contribution in [3.8, 4) is 5.75 Å². The molecule has 18 heavy (non-hydrogen) atoms. The highest BCUT2D eigenvalue weighted by atomic mass is 16.5. The molecule has 1 aliphatic carbocycles. The van der Waals surface area contributed by atoms with Crippen LogP contribution in [0.15, 0.2) is 36.5 Å². The van der Waals surface area contributed by atoms with Gasteiger partial charge in [0.25, 0.3) is 0 Å². The summed E-state index contributed by atoms with van der Waals surface area (Å²) in [5.41, 5.74) is 0.980. The SMILES string of the molecule is OC1CCCC(Oc2ccc3ncccc3c2)C1. The predicted octanol–water partition coefficient (Wildman–Crippen LogP) is 2.92. The summed E-state index contributed by atoms with van der Waals surface area (Å²) in [6.07, 6.45) is 5.45. The van der Waals surface area contributed by atoms with E-state index in [-0.39, 0.29) is 12.2 Å². The molecule has 2 aromatic rings. The van der Waals surface area contributed by atoms with E-state index in [0.717, 1.165) is 42.3 Å². The first-order valence-electron chi connectivity index (χ1n) is 6.51. The molecule has 94 valence electrons. The van der Waals surface area contributed by atoms with Crippen LogP contribution in [0, 0.1) is 0 Å². The summed E-state index contributed by atoms with van der Waals surface area (Å²) >= 11 is 0. The number of aliphatic hydroxyl groups excluding tert-OH is 1. The second kappa shape index (κ2) is 4.94. The molecule has 1 N–H and O–H groups in total. The van der Waals surface area contributed by atoms with Crippen LogP contribution in [-0.2, 0) is 0 Å². The Kier molecular flexibility index (Phi) is 3.15. The summed E-state index contributed by atoms with van der Waals surface area (Å²) in [6.45, 7) is 0. The minimum absolute atomic E-state index is 0.142. The number of benzene rings is 1. The molecule has 0 aliphatic heterocycles. The minimum Gasteiger partial charge on any atom is -0.490 e. The van der Waals surface area contributed by atoms with E-state index in [0.29, 0.717) is 0 Å². The number of ether oxygens (including phenoxy) is 1. The Hall–Kier alpha value is -1.61. The van der Waals surface area contributed by atoms with Gasteiger partial charge in [0.1, 0.15) is 11.9 Å². The maximum Gasteiger partial charge on any atom is 0.120 e. The van der Waals surface area contributed by atoms with E-state index in [1.54, 1.807) is 6.20 Å². The number of rotatable bonds is 2. The number of fused-ring (bicyclic) bond motifs is 1. The van der Waals surface area contributed by atoms with Gasteiger partial charge in [-0.3, -0.25) is 4.98 Å². The first-order chi connectivity index (χ1) is 8.81. The van der Waals surface area contributed by atoms with Gasteiger partial charge >= 0.3 is 0 Å². The fourth-order valence-corrected chi connectivity index (χ4v) is 2.55. The van der Waals surface area contributed by atoms with Crippen molar-refractivity contribution in [1.82, 2.24) is 4.98 Å². The van der Waals surface area contributed by atoms with E-state index in [2.05, 4.69) is 4.98 Å². The standard InChI is InChI=1S/C15H17NO2/c17-12-4-1-5-13(10-12)18-14-6-7-15-11(9-14)3-2-8-16-15/h2-3,6-9,12-13,17H,1,4-5,10H2. The van der Waals surface area contributed by atoms with Gasteiger partial charge in [-0.05, 0) is 43.5 Å². The summed E-state index contributed by atoms with van der Waals surface area (Å²) in [5.74, 6) is 0.870. The van der Waals surface area contributed by atoms with Crippen molar-refractivity contribution in [3.63, 3.8) is 0 Å². The topological polar surface area (TPSA) is 42.4 Å². The van der Waals surface area contributed by atoms with Crippen LogP contribution in [0.2, 0.25) is 0 Å². The molecular weight excluding hydrogens is 226 g/mol. The average Bonchev–Trinajstić information content (AvgIpc) is 2.39. The zero-order chi connectivity index (χ0) is 12.4. The molecule has 1 aromatic heterocycles. The quantitative estimate of drug-likeness (QED) is 0.881. The molecule has 3 rings (SSSR count). The summed E-state index contributed by atoms with van der Waals surface area (Å²) < 4.78 is 5.95. The van der Waals surface area contributed by atoms with Crippen molar-refractivity contribution < 1.29 is 9.84 Å². The third-order valence-electron chi connectivity index (χ3n) is 3.48. The maximum atomic E-state index is 9.64. The molecule has 1 fully saturated rings. The van der Waals surface area contributed by atoms with Crippen molar-refractivity contribution in [3.05, 3.63) is 36.5 Å². The zero-order valence-corrected chi connectivity index (χ0v) is 10.2. The van der Waals surface area contributed by atoms with E-state index >= 15 is 0 Å². The summed E-state index contributed by atoms with van der Waals surface area (Å²) in [4.78, 5) is 4.29. The highest BCUT2D eigenvalue weighted by molar-refractivity contribution is 5.79. The second-order valence-electron chi connectivity index (χ2n) is 4.92. The van der Waals surface area contributed by atoms with E-state index in [1.807, 2.05) is 30.3 Å². The lowest BCUT2D eigenvalue weighted by Gasteiger charge is -2.26. The van der Waals surface area contributed by atoms with Crippen molar-refractivity contribution in [1.29, 1.82) is 0 Å². The van der Waals surface area contributed by atoms with Gasteiger partial charge in [0, 0.05) is 18.0 Å². The van der Waals surface area contributed by atoms with E-state index < -0.39 is 0 Å². The number of aliphatic hydroxyl groups is 1. The Morgan fingerprint density at radius 2 is 2.17 bits per heavy atom. The van der Waals surface area contributed by atoms with Crippen molar-refractivity contribution in [2.45, 2.75) is 37.9 Å². The molecule has 0 bridgehead atoms. The Morgan fingerprint density at radius 1 is 1.22 bits per heavy atom. The fraction of sp³-hybridized carbons (Fsp3) is 0.400. The van der Waals surface area contributed by atoms with Crippen LogP contribution in [0.1, 0.15) is 25.7 Å². The van der Waals surface area contributed by atoms with Gasteiger partial charge in [0.15, 0.2) is 0 Å². The molecule has 1 saturated carbocycles. The summed E-state index contributed by atoms with van der Waals surface area (Å²) in [6, 6.07) is 9.91. The third-order valence-corrected chi connectivity index (χ3v) is 3.48. The second-order valence-corrected chi connectivity index (χ2v) is 4.92. The highest BCUT2D eigenvalue weighted by Crippen LogP contribution is 2.25. The minimum atomic E-state index is -0.203. The van der Waals surface area contributed by atoms with Crippen molar-refractivity contribution in [2.24, 2.45) is 0 Å². The Balaban J connectivity index is 1.78. The van der Waals surface area contributed by atoms with Gasteiger partial charge in [-0.15, -0.1) is 0 Å². The molecule has 0 radical (unpaired) electrons. The Morgan fingerprint density at radius 3 is 3.06 bits per heavy atom. The number of hydrogen-bond donors (Lipinski definition) is 1. The van der Waals surface area contributed by atoms with Gasteiger partial charge in [0.05, 0.1) is 11.6 Å². The van der Waals surface area contributed by atoms with Crippen LogP contribution in [0.5, 0.6) is 5.75 Å².